The zero-order chi connectivity index (χ0) is 14.0. The SMILES string of the molecule is CC(C)c1nc(N2CCCC(C(C)N)C2)cc(=O)[nH]1. The Kier molecular flexibility index (Phi) is 4.24. The first-order valence-corrected chi connectivity index (χ1v) is 7.09. The van der Waals surface area contributed by atoms with Crippen molar-refractivity contribution < 1.29 is 0 Å². The van der Waals surface area contributed by atoms with Gasteiger partial charge in [0.15, 0.2) is 0 Å². The number of aromatic nitrogens is 2. The average molecular weight is 264 g/mol. The minimum absolute atomic E-state index is 0.0726. The molecule has 1 aliphatic heterocycles. The number of nitrogens with zero attached hydrogens (tertiary/aromatic N) is 2. The Morgan fingerprint density at radius 1 is 1.47 bits per heavy atom. The van der Waals surface area contributed by atoms with Crippen LogP contribution in [-0.2, 0) is 0 Å². The minimum atomic E-state index is -0.0726. The van der Waals surface area contributed by atoms with Gasteiger partial charge in [0.25, 0.3) is 5.56 Å². The van der Waals surface area contributed by atoms with Crippen molar-refractivity contribution in [3.8, 4) is 0 Å². The summed E-state index contributed by atoms with van der Waals surface area (Å²) < 4.78 is 0. The van der Waals surface area contributed by atoms with Crippen molar-refractivity contribution in [3.63, 3.8) is 0 Å². The number of H-pyrrole nitrogens is 1. The van der Waals surface area contributed by atoms with Gasteiger partial charge in [0, 0.05) is 31.1 Å². The fourth-order valence-electron chi connectivity index (χ4n) is 2.55. The summed E-state index contributed by atoms with van der Waals surface area (Å²) in [5.41, 5.74) is 5.93. The largest absolute Gasteiger partial charge is 0.356 e. The molecule has 5 heteroatoms. The van der Waals surface area contributed by atoms with Crippen LogP contribution in [0.5, 0.6) is 0 Å². The van der Waals surface area contributed by atoms with Crippen molar-refractivity contribution in [1.29, 1.82) is 0 Å². The lowest BCUT2D eigenvalue weighted by atomic mass is 9.92. The number of hydrogen-bond donors (Lipinski definition) is 2. The number of aromatic amines is 1. The van der Waals surface area contributed by atoms with E-state index < -0.39 is 0 Å². The normalized spacial score (nSPS) is 21.7. The topological polar surface area (TPSA) is 75.0 Å². The van der Waals surface area contributed by atoms with Crippen LogP contribution in [0.3, 0.4) is 0 Å². The molecule has 2 atom stereocenters. The van der Waals surface area contributed by atoms with Gasteiger partial charge in [0.05, 0.1) is 0 Å². The van der Waals surface area contributed by atoms with E-state index >= 15 is 0 Å². The van der Waals surface area contributed by atoms with Crippen molar-refractivity contribution in [2.24, 2.45) is 11.7 Å². The van der Waals surface area contributed by atoms with E-state index in [-0.39, 0.29) is 17.5 Å². The van der Waals surface area contributed by atoms with E-state index in [4.69, 9.17) is 5.73 Å². The molecular weight excluding hydrogens is 240 g/mol. The molecule has 0 bridgehead atoms. The third kappa shape index (κ3) is 3.35. The van der Waals surface area contributed by atoms with Gasteiger partial charge in [-0.2, -0.15) is 0 Å². The van der Waals surface area contributed by atoms with E-state index in [1.807, 2.05) is 13.8 Å². The summed E-state index contributed by atoms with van der Waals surface area (Å²) in [6.45, 7) is 7.97. The molecule has 1 aliphatic rings. The fraction of sp³-hybridized carbons (Fsp3) is 0.714. The monoisotopic (exact) mass is 264 g/mol. The lowest BCUT2D eigenvalue weighted by Gasteiger charge is -2.35. The molecule has 0 saturated carbocycles. The molecule has 1 aromatic rings. The van der Waals surface area contributed by atoms with Crippen molar-refractivity contribution in [2.45, 2.75) is 45.6 Å². The Hall–Kier alpha value is -1.36. The Balaban J connectivity index is 2.23. The third-order valence-electron chi connectivity index (χ3n) is 3.82. The van der Waals surface area contributed by atoms with Gasteiger partial charge in [-0.15, -0.1) is 0 Å². The quantitative estimate of drug-likeness (QED) is 0.866. The molecular formula is C14H24N4O. The number of rotatable bonds is 3. The van der Waals surface area contributed by atoms with Gasteiger partial charge in [-0.1, -0.05) is 13.8 Å². The second-order valence-corrected chi connectivity index (χ2v) is 5.85. The van der Waals surface area contributed by atoms with Crippen LogP contribution >= 0.6 is 0 Å². The highest BCUT2D eigenvalue weighted by Gasteiger charge is 2.24. The van der Waals surface area contributed by atoms with Crippen molar-refractivity contribution in [1.82, 2.24) is 9.97 Å². The number of nitrogens with two attached hydrogens (primary N) is 1. The van der Waals surface area contributed by atoms with Gasteiger partial charge in [0.1, 0.15) is 11.6 Å². The van der Waals surface area contributed by atoms with E-state index in [9.17, 15) is 4.79 Å². The van der Waals surface area contributed by atoms with Gasteiger partial charge < -0.3 is 15.6 Å². The maximum Gasteiger partial charge on any atom is 0.252 e. The molecule has 0 aromatic carbocycles. The van der Waals surface area contributed by atoms with E-state index in [0.717, 1.165) is 37.6 Å². The molecule has 0 aliphatic carbocycles. The van der Waals surface area contributed by atoms with Gasteiger partial charge in [-0.05, 0) is 25.7 Å². The summed E-state index contributed by atoms with van der Waals surface area (Å²) in [7, 11) is 0. The fourth-order valence-corrected chi connectivity index (χ4v) is 2.55. The Morgan fingerprint density at radius 3 is 2.84 bits per heavy atom. The maximum atomic E-state index is 11.7. The average Bonchev–Trinajstić information content (AvgIpc) is 2.38. The minimum Gasteiger partial charge on any atom is -0.356 e. The second kappa shape index (κ2) is 5.74. The summed E-state index contributed by atoms with van der Waals surface area (Å²) in [4.78, 5) is 21.3. The van der Waals surface area contributed by atoms with Crippen LogP contribution in [0.25, 0.3) is 0 Å². The Bertz CT molecular complexity index is 481. The van der Waals surface area contributed by atoms with Crippen molar-refractivity contribution >= 4 is 5.82 Å². The summed E-state index contributed by atoms with van der Waals surface area (Å²) in [6, 6.07) is 1.78. The first-order chi connectivity index (χ1) is 8.97. The van der Waals surface area contributed by atoms with Gasteiger partial charge in [-0.3, -0.25) is 4.79 Å². The predicted molar refractivity (Wildman–Crippen MR) is 77.5 cm³/mol. The molecule has 0 amide bonds. The number of piperidine rings is 1. The van der Waals surface area contributed by atoms with Gasteiger partial charge >= 0.3 is 0 Å². The Morgan fingerprint density at radius 2 is 2.21 bits per heavy atom. The first kappa shape index (κ1) is 14.1. The number of hydrogen-bond acceptors (Lipinski definition) is 4. The van der Waals surface area contributed by atoms with Crippen LogP contribution in [0.1, 0.15) is 45.4 Å². The highest BCUT2D eigenvalue weighted by Crippen LogP contribution is 2.23. The van der Waals surface area contributed by atoms with Crippen LogP contribution < -0.4 is 16.2 Å². The third-order valence-corrected chi connectivity index (χ3v) is 3.82. The van der Waals surface area contributed by atoms with Crippen molar-refractivity contribution in [2.75, 3.05) is 18.0 Å². The highest BCUT2D eigenvalue weighted by atomic mass is 16.1. The second-order valence-electron chi connectivity index (χ2n) is 5.85. The van der Waals surface area contributed by atoms with E-state index in [2.05, 4.69) is 21.8 Å². The number of nitrogens with one attached hydrogen (secondary N) is 1. The molecule has 1 fully saturated rings. The van der Waals surface area contributed by atoms with E-state index in [0.29, 0.717) is 5.92 Å². The summed E-state index contributed by atoms with van der Waals surface area (Å²) in [6.07, 6.45) is 2.27. The molecule has 3 N–H and O–H groups in total. The van der Waals surface area contributed by atoms with Crippen LogP contribution in [0.15, 0.2) is 10.9 Å². The zero-order valence-corrected chi connectivity index (χ0v) is 12.0. The first-order valence-electron chi connectivity index (χ1n) is 7.09. The van der Waals surface area contributed by atoms with Crippen LogP contribution in [0.4, 0.5) is 5.82 Å². The van der Waals surface area contributed by atoms with E-state index in [1.165, 1.54) is 0 Å². The molecule has 2 heterocycles. The van der Waals surface area contributed by atoms with Crippen LogP contribution in [0, 0.1) is 5.92 Å². The molecule has 2 unspecified atom stereocenters. The molecule has 5 nitrogen and oxygen atoms in total. The van der Waals surface area contributed by atoms with Crippen molar-refractivity contribution in [3.05, 3.63) is 22.2 Å². The highest BCUT2D eigenvalue weighted by molar-refractivity contribution is 5.38. The number of anilines is 1. The van der Waals surface area contributed by atoms with Gasteiger partial charge in [0.2, 0.25) is 0 Å². The van der Waals surface area contributed by atoms with Crippen LogP contribution in [-0.4, -0.2) is 29.1 Å². The summed E-state index contributed by atoms with van der Waals surface area (Å²) in [5, 5.41) is 0. The Labute approximate surface area is 114 Å². The predicted octanol–water partition coefficient (Wildman–Crippen LogP) is 1.46. The summed E-state index contributed by atoms with van der Waals surface area (Å²) in [5.74, 6) is 2.25. The molecule has 1 aromatic heterocycles. The summed E-state index contributed by atoms with van der Waals surface area (Å²) >= 11 is 0. The standard InChI is InChI=1S/C14H24N4O/c1-9(2)14-16-12(7-13(19)17-14)18-6-4-5-11(8-18)10(3)15/h7,9-11H,4-6,8,15H2,1-3H3,(H,16,17,19). The lowest BCUT2D eigenvalue weighted by Crippen LogP contribution is -2.43. The smallest absolute Gasteiger partial charge is 0.252 e. The molecule has 0 spiro atoms. The van der Waals surface area contributed by atoms with Crippen LogP contribution in [0.2, 0.25) is 0 Å². The lowest BCUT2D eigenvalue weighted by molar-refractivity contribution is 0.363. The maximum absolute atomic E-state index is 11.7. The van der Waals surface area contributed by atoms with Gasteiger partial charge in [-0.25, -0.2) is 4.98 Å². The molecule has 0 radical (unpaired) electrons. The van der Waals surface area contributed by atoms with E-state index in [1.54, 1.807) is 6.07 Å². The molecule has 19 heavy (non-hydrogen) atoms. The zero-order valence-electron chi connectivity index (χ0n) is 12.0. The molecule has 106 valence electrons. The molecule has 1 saturated heterocycles. The molecule has 2 rings (SSSR count).